The maximum Gasteiger partial charge on any atom is 0.209 e. The summed E-state index contributed by atoms with van der Waals surface area (Å²) < 4.78 is 0. The summed E-state index contributed by atoms with van der Waals surface area (Å²) in [7, 11) is 0. The quantitative estimate of drug-likeness (QED) is 0.0845. The Bertz CT molecular complexity index is 3540. The molecule has 6 heteroatoms. The summed E-state index contributed by atoms with van der Waals surface area (Å²) in [5, 5.41) is 18.8. The Morgan fingerprint density at radius 1 is 0.474 bits per heavy atom. The van der Waals surface area contributed by atoms with Crippen LogP contribution in [-0.4, -0.2) is 18.2 Å². The van der Waals surface area contributed by atoms with Gasteiger partial charge in [0.1, 0.15) is 5.84 Å². The molecule has 6 aliphatic rings. The standard InChI is InChI=1S/C72H68N6/c1-5-24-49(25-6-1)59-38-13-17-42-63(59)69-73-67(74-70(77-69)64-43-18-14-39-60(64)50-26-7-2-8-27-50)57-36-22-34-55(47-57)53-32-21-33-54(46-53)56-35-23-37-58(48-56)68-75-71(65-44-19-15-40-61(65)51-28-9-3-10-29-51)78-72(76-68)66-45-20-16-41-62(66)52-30-11-4-12-31-52/h1-3,5-10,13,15-17,19-30,32-44,46-47,58,66-71,73-75,77H,4,11-12,14,18,31,45,48H2,(H,76,78)/p+1. The van der Waals surface area contributed by atoms with E-state index in [1.807, 2.05) is 0 Å². The van der Waals surface area contributed by atoms with Gasteiger partial charge in [-0.1, -0.05) is 231 Å². The molecule has 7 unspecified atom stereocenters. The van der Waals surface area contributed by atoms with Crippen LogP contribution in [0.3, 0.4) is 0 Å². The summed E-state index contributed by atoms with van der Waals surface area (Å²) in [6.45, 7) is 0. The van der Waals surface area contributed by atoms with Crippen LogP contribution < -0.4 is 26.6 Å². The number of hydrogen-bond donors (Lipinski definition) is 5. The Morgan fingerprint density at radius 2 is 1.12 bits per heavy atom. The van der Waals surface area contributed by atoms with Crippen LogP contribution in [-0.2, 0) is 0 Å². The Hall–Kier alpha value is -7.97. The number of nitrogens with two attached hydrogens (primary N) is 1. The summed E-state index contributed by atoms with van der Waals surface area (Å²) in [5.41, 5.74) is 20.4. The van der Waals surface area contributed by atoms with Crippen molar-refractivity contribution in [3.05, 3.63) is 287 Å². The monoisotopic (exact) mass is 1020 g/mol. The molecule has 13 rings (SSSR count). The van der Waals surface area contributed by atoms with E-state index in [4.69, 9.17) is 4.99 Å². The minimum Gasteiger partial charge on any atom is -0.324 e. The van der Waals surface area contributed by atoms with Gasteiger partial charge in [0.15, 0.2) is 6.17 Å². The Kier molecular flexibility index (Phi) is 14.6. The predicted molar refractivity (Wildman–Crippen MR) is 322 cm³/mol. The van der Waals surface area contributed by atoms with Crippen LogP contribution in [0.25, 0.3) is 44.5 Å². The van der Waals surface area contributed by atoms with Crippen molar-refractivity contribution in [3.63, 3.8) is 0 Å². The van der Waals surface area contributed by atoms with E-state index < -0.39 is 0 Å². The average Bonchev–Trinajstić information content (AvgIpc) is 3.57. The summed E-state index contributed by atoms with van der Waals surface area (Å²) in [6.07, 6.45) is 29.7. The summed E-state index contributed by atoms with van der Waals surface area (Å²) in [6, 6.07) is 68.6. The number of rotatable bonds is 12. The molecule has 2 heterocycles. The molecular weight excluding hydrogens is 949 g/mol. The van der Waals surface area contributed by atoms with Gasteiger partial charge in [-0.05, 0) is 147 Å². The number of aliphatic imine (C=N–C) groups is 1. The lowest BCUT2D eigenvalue weighted by Crippen LogP contribution is -2.97. The molecule has 78 heavy (non-hydrogen) atoms. The van der Waals surface area contributed by atoms with E-state index >= 15 is 0 Å². The van der Waals surface area contributed by atoms with Gasteiger partial charge in [-0.2, -0.15) is 0 Å². The van der Waals surface area contributed by atoms with Crippen molar-refractivity contribution in [1.29, 1.82) is 0 Å². The Labute approximate surface area is 461 Å². The van der Waals surface area contributed by atoms with E-state index in [1.54, 1.807) is 0 Å². The minimum absolute atomic E-state index is 0.0829. The molecule has 7 aromatic carbocycles. The first-order chi connectivity index (χ1) is 38.7. The lowest BCUT2D eigenvalue weighted by molar-refractivity contribution is -0.737. The van der Waals surface area contributed by atoms with Crippen LogP contribution >= 0.6 is 0 Å². The number of amidine groups is 1. The first-order valence-corrected chi connectivity index (χ1v) is 28.5. The van der Waals surface area contributed by atoms with Crippen LogP contribution in [0.2, 0.25) is 0 Å². The van der Waals surface area contributed by atoms with Crippen molar-refractivity contribution < 1.29 is 5.32 Å². The van der Waals surface area contributed by atoms with Crippen molar-refractivity contribution in [2.75, 3.05) is 0 Å². The zero-order chi connectivity index (χ0) is 52.0. The molecule has 7 aromatic rings. The number of benzene rings is 7. The third kappa shape index (κ3) is 10.6. The van der Waals surface area contributed by atoms with E-state index in [0.29, 0.717) is 0 Å². The fraction of sp³-hybridized carbons (Fsp3) is 0.208. The van der Waals surface area contributed by atoms with E-state index in [-0.39, 0.29) is 42.7 Å². The highest BCUT2D eigenvalue weighted by Gasteiger charge is 2.39. The van der Waals surface area contributed by atoms with E-state index in [1.165, 1.54) is 102 Å². The summed E-state index contributed by atoms with van der Waals surface area (Å²) in [4.78, 5) is 5.69. The highest BCUT2D eigenvalue weighted by atomic mass is 15.4. The molecule has 0 bridgehead atoms. The molecule has 386 valence electrons. The zero-order valence-electron chi connectivity index (χ0n) is 44.3. The summed E-state index contributed by atoms with van der Waals surface area (Å²) >= 11 is 0. The van der Waals surface area contributed by atoms with Gasteiger partial charge in [0.05, 0.1) is 24.4 Å². The number of hydrogen-bond acceptors (Lipinski definition) is 5. The maximum atomic E-state index is 5.69. The van der Waals surface area contributed by atoms with Gasteiger partial charge in [-0.15, -0.1) is 0 Å². The first kappa shape index (κ1) is 49.6. The fourth-order valence-electron chi connectivity index (χ4n) is 12.9. The maximum absolute atomic E-state index is 5.69. The Balaban J connectivity index is 0.790. The van der Waals surface area contributed by atoms with Crippen LogP contribution in [0.15, 0.2) is 264 Å². The van der Waals surface area contributed by atoms with Crippen molar-refractivity contribution in [3.8, 4) is 33.4 Å². The molecule has 0 radical (unpaired) electrons. The fourth-order valence-corrected chi connectivity index (χ4v) is 12.9. The van der Waals surface area contributed by atoms with Gasteiger partial charge in [-0.25, -0.2) is 4.99 Å². The molecule has 6 N–H and O–H groups in total. The van der Waals surface area contributed by atoms with Gasteiger partial charge in [0, 0.05) is 11.5 Å². The second-order valence-electron chi connectivity index (χ2n) is 21.7. The minimum atomic E-state index is -0.147. The van der Waals surface area contributed by atoms with Crippen molar-refractivity contribution in [2.24, 2.45) is 16.8 Å². The van der Waals surface area contributed by atoms with Crippen LogP contribution in [0.4, 0.5) is 0 Å². The molecule has 0 amide bonds. The molecule has 1 saturated heterocycles. The van der Waals surface area contributed by atoms with Gasteiger partial charge >= 0.3 is 0 Å². The largest absolute Gasteiger partial charge is 0.324 e. The molecule has 0 aromatic heterocycles. The molecule has 0 spiro atoms. The lowest BCUT2D eigenvalue weighted by Gasteiger charge is -2.42. The first-order valence-electron chi connectivity index (χ1n) is 28.5. The van der Waals surface area contributed by atoms with Crippen LogP contribution in [0.5, 0.6) is 0 Å². The van der Waals surface area contributed by atoms with E-state index in [9.17, 15) is 0 Å². The van der Waals surface area contributed by atoms with Gasteiger partial charge < -0.3 is 10.6 Å². The van der Waals surface area contributed by atoms with E-state index in [0.717, 1.165) is 44.4 Å². The third-order valence-electron chi connectivity index (χ3n) is 16.8. The highest BCUT2D eigenvalue weighted by molar-refractivity contribution is 5.90. The van der Waals surface area contributed by atoms with Gasteiger partial charge in [0.2, 0.25) is 6.17 Å². The normalized spacial score (nSPS) is 24.1. The van der Waals surface area contributed by atoms with Crippen LogP contribution in [0, 0.1) is 11.8 Å². The van der Waals surface area contributed by atoms with Crippen molar-refractivity contribution in [1.82, 2.24) is 21.3 Å². The number of quaternary nitrogens is 1. The smallest absolute Gasteiger partial charge is 0.209 e. The molecule has 4 aliphatic carbocycles. The van der Waals surface area contributed by atoms with E-state index in [2.05, 4.69) is 269 Å². The number of nitrogens with zero attached hydrogens (tertiary/aromatic N) is 1. The van der Waals surface area contributed by atoms with Crippen LogP contribution in [0.1, 0.15) is 97.7 Å². The number of nitrogens with one attached hydrogen (secondary N) is 4. The second-order valence-corrected chi connectivity index (χ2v) is 21.7. The topological polar surface area (TPSA) is 77.1 Å². The lowest BCUT2D eigenvalue weighted by atomic mass is 9.80. The summed E-state index contributed by atoms with van der Waals surface area (Å²) in [5.74, 6) is 1.54. The van der Waals surface area contributed by atoms with Gasteiger partial charge in [0.25, 0.3) is 0 Å². The molecule has 0 saturated carbocycles. The van der Waals surface area contributed by atoms with Crippen molar-refractivity contribution >= 4 is 17.0 Å². The molecular formula is C72H69N6+. The molecule has 2 aliphatic heterocycles. The number of allylic oxidation sites excluding steroid dienone is 10. The average molecular weight is 1020 g/mol. The highest BCUT2D eigenvalue weighted by Crippen LogP contribution is 2.40. The SMILES string of the molecule is C1=CCC(C2=NC(c3ccccc3-c3ccccc3)[NH2+]C(C3C=CC=C(c4cccc(-c5cccc(C6NC(C7=CCCC=C7c7ccccc7)NC(c7ccccc7-c7ccccc7)N6)c5)c4)C3)N2)C(C2=CCCCC2)=C1. The van der Waals surface area contributed by atoms with Crippen molar-refractivity contribution in [2.45, 2.75) is 82.2 Å². The second kappa shape index (κ2) is 22.9. The third-order valence-corrected chi connectivity index (χ3v) is 16.8. The molecule has 6 nitrogen and oxygen atoms in total. The predicted octanol–water partition coefficient (Wildman–Crippen LogP) is 14.8. The van der Waals surface area contributed by atoms with Gasteiger partial charge in [-0.3, -0.25) is 16.0 Å². The molecule has 1 fully saturated rings. The Morgan fingerprint density at radius 3 is 1.88 bits per heavy atom. The molecule has 7 atom stereocenters. The zero-order valence-corrected chi connectivity index (χ0v) is 44.3.